The molecule has 19 heavy (non-hydrogen) atoms. The number of carbonyl (C=O) groups excluding carboxylic acids is 1. The van der Waals surface area contributed by atoms with Crippen molar-refractivity contribution in [2.24, 2.45) is 0 Å². The number of nitrogens with zero attached hydrogens (tertiary/aromatic N) is 2. The largest absolute Gasteiger partial charge is 0.394 e. The molecule has 1 N–H and O–H groups in total. The van der Waals surface area contributed by atoms with Crippen LogP contribution in [0.5, 0.6) is 0 Å². The van der Waals surface area contributed by atoms with Crippen LogP contribution in [-0.2, 0) is 11.3 Å². The molecule has 1 aromatic heterocycles. The number of aliphatic hydroxyl groups is 1. The molecule has 0 aliphatic carbocycles. The molecule has 1 aromatic rings. The van der Waals surface area contributed by atoms with E-state index in [1.165, 1.54) is 11.3 Å². The molecule has 1 amide bonds. The van der Waals surface area contributed by atoms with Crippen molar-refractivity contribution in [3.63, 3.8) is 0 Å². The van der Waals surface area contributed by atoms with E-state index >= 15 is 0 Å². The second-order valence-corrected chi connectivity index (χ2v) is 5.78. The molecular formula is C13H20N2O3S. The third kappa shape index (κ3) is 3.25. The molecule has 2 rings (SSSR count). The molecule has 0 radical (unpaired) electrons. The van der Waals surface area contributed by atoms with Gasteiger partial charge in [0.25, 0.3) is 0 Å². The Hall–Kier alpha value is -1.14. The molecule has 0 bridgehead atoms. The summed E-state index contributed by atoms with van der Waals surface area (Å²) in [7, 11) is 0. The number of aliphatic hydroxyl groups excluding tert-OH is 1. The summed E-state index contributed by atoms with van der Waals surface area (Å²) in [6.45, 7) is 3.30. The van der Waals surface area contributed by atoms with Crippen LogP contribution < -0.4 is 4.87 Å². The van der Waals surface area contributed by atoms with Crippen LogP contribution in [0.2, 0.25) is 0 Å². The number of thiazole rings is 1. The lowest BCUT2D eigenvalue weighted by Gasteiger charge is -2.23. The van der Waals surface area contributed by atoms with E-state index < -0.39 is 0 Å². The summed E-state index contributed by atoms with van der Waals surface area (Å²) < 4.78 is 1.71. The summed E-state index contributed by atoms with van der Waals surface area (Å²) in [6.07, 6.45) is 2.98. The molecule has 0 unspecified atom stereocenters. The third-order valence-corrected chi connectivity index (χ3v) is 4.54. The van der Waals surface area contributed by atoms with Gasteiger partial charge in [-0.05, 0) is 26.2 Å². The van der Waals surface area contributed by atoms with Crippen molar-refractivity contribution < 1.29 is 9.90 Å². The summed E-state index contributed by atoms with van der Waals surface area (Å²) in [5.41, 5.74) is 0.955. The zero-order chi connectivity index (χ0) is 13.8. The highest BCUT2D eigenvalue weighted by Crippen LogP contribution is 2.18. The van der Waals surface area contributed by atoms with Gasteiger partial charge in [0.05, 0.1) is 12.6 Å². The molecule has 5 nitrogen and oxygen atoms in total. The van der Waals surface area contributed by atoms with E-state index in [0.717, 1.165) is 25.1 Å². The number of rotatable bonds is 5. The van der Waals surface area contributed by atoms with Gasteiger partial charge in [0.2, 0.25) is 5.91 Å². The zero-order valence-electron chi connectivity index (χ0n) is 11.2. The molecule has 0 aromatic carbocycles. The van der Waals surface area contributed by atoms with Crippen molar-refractivity contribution in [1.82, 2.24) is 9.47 Å². The summed E-state index contributed by atoms with van der Waals surface area (Å²) in [6, 6.07) is -0.00175. The maximum Gasteiger partial charge on any atom is 0.307 e. The van der Waals surface area contributed by atoms with Crippen LogP contribution in [0.3, 0.4) is 0 Å². The third-order valence-electron chi connectivity index (χ3n) is 3.66. The highest BCUT2D eigenvalue weighted by Gasteiger charge is 2.27. The van der Waals surface area contributed by atoms with E-state index in [9.17, 15) is 14.7 Å². The van der Waals surface area contributed by atoms with Crippen molar-refractivity contribution >= 4 is 17.2 Å². The fourth-order valence-electron chi connectivity index (χ4n) is 2.56. The normalized spacial score (nSPS) is 19.1. The average Bonchev–Trinajstić information content (AvgIpc) is 2.99. The van der Waals surface area contributed by atoms with Crippen molar-refractivity contribution in [1.29, 1.82) is 0 Å². The number of likely N-dealkylation sites (tertiary alicyclic amines) is 1. The van der Waals surface area contributed by atoms with Gasteiger partial charge in [-0.15, -0.1) is 0 Å². The number of amides is 1. The van der Waals surface area contributed by atoms with Gasteiger partial charge in [0.1, 0.15) is 0 Å². The minimum absolute atomic E-state index is 0.00175. The number of aryl methyl sites for hydroxylation is 1. The Morgan fingerprint density at radius 3 is 3.00 bits per heavy atom. The summed E-state index contributed by atoms with van der Waals surface area (Å²) in [5, 5.41) is 11.0. The lowest BCUT2D eigenvalue weighted by atomic mass is 10.2. The van der Waals surface area contributed by atoms with E-state index in [0.29, 0.717) is 19.4 Å². The minimum atomic E-state index is -0.00175. The van der Waals surface area contributed by atoms with Gasteiger partial charge in [0, 0.05) is 30.6 Å². The average molecular weight is 284 g/mol. The predicted octanol–water partition coefficient (Wildman–Crippen LogP) is 0.982. The van der Waals surface area contributed by atoms with Gasteiger partial charge in [-0.3, -0.25) is 9.59 Å². The van der Waals surface area contributed by atoms with Crippen molar-refractivity contribution in [2.75, 3.05) is 13.2 Å². The van der Waals surface area contributed by atoms with Crippen LogP contribution >= 0.6 is 11.3 Å². The van der Waals surface area contributed by atoms with Crippen molar-refractivity contribution in [3.05, 3.63) is 20.7 Å². The molecule has 6 heteroatoms. The van der Waals surface area contributed by atoms with E-state index in [4.69, 9.17) is 0 Å². The molecule has 0 spiro atoms. The maximum atomic E-state index is 12.0. The van der Waals surface area contributed by atoms with Crippen molar-refractivity contribution in [3.8, 4) is 0 Å². The Labute approximate surface area is 116 Å². The first-order valence-electron chi connectivity index (χ1n) is 6.68. The molecule has 2 heterocycles. The maximum absolute atomic E-state index is 12.0. The Balaban J connectivity index is 1.83. The van der Waals surface area contributed by atoms with Gasteiger partial charge >= 0.3 is 4.87 Å². The molecule has 1 saturated heterocycles. The van der Waals surface area contributed by atoms with Crippen LogP contribution in [0.15, 0.2) is 10.2 Å². The predicted molar refractivity (Wildman–Crippen MR) is 74.4 cm³/mol. The zero-order valence-corrected chi connectivity index (χ0v) is 12.0. The van der Waals surface area contributed by atoms with Crippen LogP contribution in [0.4, 0.5) is 0 Å². The molecule has 106 valence electrons. The SMILES string of the molecule is Cc1csc(=O)n1CCCC(=O)N1CCC[C@@H]1CO. The van der Waals surface area contributed by atoms with E-state index in [1.807, 2.05) is 12.3 Å². The summed E-state index contributed by atoms with van der Waals surface area (Å²) in [4.78, 5) is 25.4. The second-order valence-electron chi connectivity index (χ2n) is 4.96. The van der Waals surface area contributed by atoms with Gasteiger partial charge in [0.15, 0.2) is 0 Å². The topological polar surface area (TPSA) is 62.5 Å². The van der Waals surface area contributed by atoms with Gasteiger partial charge in [-0.25, -0.2) is 0 Å². The number of hydrogen-bond acceptors (Lipinski definition) is 4. The summed E-state index contributed by atoms with van der Waals surface area (Å²) in [5.74, 6) is 0.0949. The first-order valence-corrected chi connectivity index (χ1v) is 7.56. The van der Waals surface area contributed by atoms with Crippen LogP contribution in [0.1, 0.15) is 31.4 Å². The number of carbonyl (C=O) groups is 1. The lowest BCUT2D eigenvalue weighted by Crippen LogP contribution is -2.37. The van der Waals surface area contributed by atoms with Crippen LogP contribution in [-0.4, -0.2) is 39.7 Å². The fourth-order valence-corrected chi connectivity index (χ4v) is 3.32. The molecule has 1 aliphatic rings. The molecular weight excluding hydrogens is 264 g/mol. The standard InChI is InChI=1S/C13H20N2O3S/c1-10-9-19-13(18)14(10)6-3-5-12(17)15-7-2-4-11(15)8-16/h9,11,16H,2-8H2,1H3/t11-/m1/s1. The highest BCUT2D eigenvalue weighted by molar-refractivity contribution is 7.07. The summed E-state index contributed by atoms with van der Waals surface area (Å²) >= 11 is 1.20. The monoisotopic (exact) mass is 284 g/mol. The first kappa shape index (κ1) is 14.3. The first-order chi connectivity index (χ1) is 9.13. The van der Waals surface area contributed by atoms with Crippen LogP contribution in [0, 0.1) is 6.92 Å². The highest BCUT2D eigenvalue weighted by atomic mass is 32.1. The van der Waals surface area contributed by atoms with Gasteiger partial charge in [-0.2, -0.15) is 0 Å². The fraction of sp³-hybridized carbons (Fsp3) is 0.692. The Morgan fingerprint density at radius 1 is 1.58 bits per heavy atom. The van der Waals surface area contributed by atoms with Gasteiger partial charge < -0.3 is 14.6 Å². The smallest absolute Gasteiger partial charge is 0.307 e. The molecule has 1 aliphatic heterocycles. The molecule has 1 fully saturated rings. The van der Waals surface area contributed by atoms with Crippen molar-refractivity contribution in [2.45, 2.75) is 45.2 Å². The second kappa shape index (κ2) is 6.34. The number of hydrogen-bond donors (Lipinski definition) is 1. The Bertz CT molecular complexity index is 494. The Morgan fingerprint density at radius 2 is 2.37 bits per heavy atom. The lowest BCUT2D eigenvalue weighted by molar-refractivity contribution is -0.132. The quantitative estimate of drug-likeness (QED) is 0.877. The van der Waals surface area contributed by atoms with E-state index in [-0.39, 0.29) is 23.4 Å². The Kier molecular flexibility index (Phi) is 4.76. The van der Waals surface area contributed by atoms with E-state index in [1.54, 1.807) is 9.47 Å². The molecule has 1 atom stereocenters. The van der Waals surface area contributed by atoms with Crippen LogP contribution in [0.25, 0.3) is 0 Å². The minimum Gasteiger partial charge on any atom is -0.394 e. The molecule has 0 saturated carbocycles. The van der Waals surface area contributed by atoms with Gasteiger partial charge in [-0.1, -0.05) is 11.3 Å². The van der Waals surface area contributed by atoms with E-state index in [2.05, 4.69) is 0 Å². The number of aromatic nitrogens is 1.